The van der Waals surface area contributed by atoms with Crippen LogP contribution < -0.4 is 16.0 Å². The van der Waals surface area contributed by atoms with Crippen LogP contribution in [-0.4, -0.2) is 44.1 Å². The molecule has 1 saturated heterocycles. The number of rotatable bonds is 6. The van der Waals surface area contributed by atoms with Gasteiger partial charge in [0.25, 0.3) is 0 Å². The number of fused-ring (bicyclic) bond motifs is 1. The smallest absolute Gasteiger partial charge is 0.167 e. The molecule has 1 atom stereocenters. The second kappa shape index (κ2) is 9.85. The summed E-state index contributed by atoms with van der Waals surface area (Å²) < 4.78 is 14.4. The van der Waals surface area contributed by atoms with Crippen LogP contribution in [0.3, 0.4) is 0 Å². The van der Waals surface area contributed by atoms with E-state index in [9.17, 15) is 4.39 Å². The maximum Gasteiger partial charge on any atom is 0.167 e. The molecule has 1 aliphatic heterocycles. The molecule has 10 heteroatoms. The first-order valence-corrected chi connectivity index (χ1v) is 12.7. The third kappa shape index (κ3) is 4.80. The minimum atomic E-state index is -0.641. The molecule has 3 N–H and O–H groups in total. The van der Waals surface area contributed by atoms with Gasteiger partial charge < -0.3 is 16.0 Å². The Morgan fingerprint density at radius 3 is 2.74 bits per heavy atom. The molecule has 0 spiro atoms. The molecule has 0 unspecified atom stereocenters. The molecule has 1 fully saturated rings. The third-order valence-electron chi connectivity index (χ3n) is 7.15. The molecule has 5 heterocycles. The van der Waals surface area contributed by atoms with E-state index in [1.807, 2.05) is 24.4 Å². The second-order valence-corrected chi connectivity index (χ2v) is 10.3. The number of pyridine rings is 3. The number of anilines is 3. The Morgan fingerprint density at radius 1 is 1.13 bits per heavy atom. The number of hydrogen-bond donors (Lipinski definition) is 3. The first-order valence-electron chi connectivity index (χ1n) is 12.7. The third-order valence-corrected chi connectivity index (χ3v) is 7.15. The maximum absolute atomic E-state index is 14.4. The standard InChI is InChI=1S/C29H26FN9/c1-29(2)16-32-8-7-23(29)37-28-25-20(18-4-3-5-18)14-33-15-22(25)36-26(39-28)19-6-9-34-24(11-19)38-27-21(30)10-17(12-31)13-35-27/h3-6,9-11,13-15,23,32H,7-8,16H2,1-2H3,(H,34,35,38)(H,36,37,39)/t23-/m0/s1. The number of hydrogen-bond acceptors (Lipinski definition) is 9. The molecular formula is C29H26FN9. The highest BCUT2D eigenvalue weighted by Crippen LogP contribution is 2.36. The van der Waals surface area contributed by atoms with Gasteiger partial charge in [0.2, 0.25) is 0 Å². The summed E-state index contributed by atoms with van der Waals surface area (Å²) in [4.78, 5) is 22.7. The van der Waals surface area contributed by atoms with Crippen molar-refractivity contribution >= 4 is 33.9 Å². The zero-order valence-corrected chi connectivity index (χ0v) is 21.5. The topological polar surface area (TPSA) is 124 Å². The van der Waals surface area contributed by atoms with Crippen LogP contribution in [0.1, 0.15) is 31.4 Å². The summed E-state index contributed by atoms with van der Waals surface area (Å²) in [7, 11) is 0. The molecular weight excluding hydrogens is 493 g/mol. The highest BCUT2D eigenvalue weighted by atomic mass is 19.1. The van der Waals surface area contributed by atoms with Gasteiger partial charge in [-0.25, -0.2) is 24.3 Å². The Morgan fingerprint density at radius 2 is 2.00 bits per heavy atom. The highest BCUT2D eigenvalue weighted by molar-refractivity contribution is 6.02. The molecule has 4 aromatic heterocycles. The fourth-order valence-electron chi connectivity index (χ4n) is 4.86. The Kier molecular flexibility index (Phi) is 6.21. The van der Waals surface area contributed by atoms with E-state index in [0.717, 1.165) is 53.4 Å². The molecule has 0 amide bonds. The first-order chi connectivity index (χ1) is 18.9. The first kappa shape index (κ1) is 24.6. The second-order valence-electron chi connectivity index (χ2n) is 10.3. The molecule has 194 valence electrons. The van der Waals surface area contributed by atoms with Gasteiger partial charge in [-0.15, -0.1) is 0 Å². The van der Waals surface area contributed by atoms with Crippen molar-refractivity contribution in [2.45, 2.75) is 26.3 Å². The molecule has 1 aliphatic carbocycles. The van der Waals surface area contributed by atoms with E-state index in [4.69, 9.17) is 15.2 Å². The lowest BCUT2D eigenvalue weighted by Gasteiger charge is -2.40. The number of aromatic nitrogens is 5. The van der Waals surface area contributed by atoms with Gasteiger partial charge >= 0.3 is 0 Å². The van der Waals surface area contributed by atoms with Gasteiger partial charge in [0.1, 0.15) is 17.7 Å². The van der Waals surface area contributed by atoms with E-state index >= 15 is 0 Å². The van der Waals surface area contributed by atoms with Crippen LogP contribution in [0.4, 0.5) is 21.8 Å². The lowest BCUT2D eigenvalue weighted by molar-refractivity contribution is 0.236. The zero-order chi connectivity index (χ0) is 27.0. The van der Waals surface area contributed by atoms with Crippen LogP contribution in [0.15, 0.2) is 61.2 Å². The van der Waals surface area contributed by atoms with Gasteiger partial charge in [-0.3, -0.25) is 4.98 Å². The van der Waals surface area contributed by atoms with Crippen molar-refractivity contribution in [2.75, 3.05) is 23.7 Å². The maximum atomic E-state index is 14.4. The normalized spacial score (nSPS) is 17.7. The van der Waals surface area contributed by atoms with E-state index in [1.165, 1.54) is 6.20 Å². The summed E-state index contributed by atoms with van der Waals surface area (Å²) in [5, 5.41) is 20.0. The average molecular weight is 520 g/mol. The van der Waals surface area contributed by atoms with E-state index in [2.05, 4.69) is 56.9 Å². The molecule has 0 saturated carbocycles. The Bertz CT molecular complexity index is 1690. The van der Waals surface area contributed by atoms with Gasteiger partial charge in [-0.1, -0.05) is 32.1 Å². The molecule has 0 aromatic carbocycles. The van der Waals surface area contributed by atoms with Gasteiger partial charge in [-0.2, -0.15) is 5.26 Å². The van der Waals surface area contributed by atoms with Crippen molar-refractivity contribution in [3.8, 4) is 17.5 Å². The van der Waals surface area contributed by atoms with E-state index in [0.29, 0.717) is 17.2 Å². The quantitative estimate of drug-likeness (QED) is 0.323. The largest absolute Gasteiger partial charge is 0.366 e. The monoisotopic (exact) mass is 519 g/mol. The minimum absolute atomic E-state index is 0.0183. The molecule has 4 aromatic rings. The van der Waals surface area contributed by atoms with Crippen molar-refractivity contribution in [1.82, 2.24) is 30.2 Å². The van der Waals surface area contributed by atoms with Crippen LogP contribution in [0.2, 0.25) is 0 Å². The minimum Gasteiger partial charge on any atom is -0.366 e. The van der Waals surface area contributed by atoms with E-state index < -0.39 is 5.82 Å². The van der Waals surface area contributed by atoms with Crippen molar-refractivity contribution in [3.63, 3.8) is 0 Å². The molecule has 9 nitrogen and oxygen atoms in total. The number of halogens is 1. The van der Waals surface area contributed by atoms with Crippen LogP contribution >= 0.6 is 0 Å². The predicted molar refractivity (Wildman–Crippen MR) is 149 cm³/mol. The van der Waals surface area contributed by atoms with Crippen molar-refractivity contribution in [2.24, 2.45) is 5.41 Å². The predicted octanol–water partition coefficient (Wildman–Crippen LogP) is 4.99. The van der Waals surface area contributed by atoms with E-state index in [-0.39, 0.29) is 22.8 Å². The van der Waals surface area contributed by atoms with Gasteiger partial charge in [-0.05, 0) is 42.2 Å². The zero-order valence-electron chi connectivity index (χ0n) is 21.5. The highest BCUT2D eigenvalue weighted by Gasteiger charge is 2.33. The number of nitriles is 1. The van der Waals surface area contributed by atoms with Gasteiger partial charge in [0.05, 0.1) is 22.7 Å². The molecule has 2 aliphatic rings. The fraction of sp³-hybridized carbons (Fsp3) is 0.241. The van der Waals surface area contributed by atoms with Gasteiger partial charge in [0.15, 0.2) is 17.5 Å². The number of allylic oxidation sites excluding steroid dienone is 4. The molecule has 0 radical (unpaired) electrons. The number of piperidine rings is 1. The molecule has 39 heavy (non-hydrogen) atoms. The molecule has 0 bridgehead atoms. The van der Waals surface area contributed by atoms with Crippen molar-refractivity contribution in [1.29, 1.82) is 5.26 Å². The molecule has 6 rings (SSSR count). The Hall–Kier alpha value is -4.75. The summed E-state index contributed by atoms with van der Waals surface area (Å²) >= 11 is 0. The lowest BCUT2D eigenvalue weighted by Crippen LogP contribution is -2.49. The number of nitrogens with zero attached hydrogens (tertiary/aromatic N) is 6. The summed E-state index contributed by atoms with van der Waals surface area (Å²) in [6, 6.07) is 6.76. The van der Waals surface area contributed by atoms with E-state index in [1.54, 1.807) is 18.5 Å². The summed E-state index contributed by atoms with van der Waals surface area (Å²) in [6.07, 6.45) is 13.6. The van der Waals surface area contributed by atoms with Crippen LogP contribution in [0.25, 0.3) is 27.9 Å². The van der Waals surface area contributed by atoms with Crippen molar-refractivity contribution in [3.05, 3.63) is 78.2 Å². The Balaban J connectivity index is 1.42. The Labute approximate surface area is 225 Å². The summed E-state index contributed by atoms with van der Waals surface area (Å²) in [5.74, 6) is 0.951. The van der Waals surface area contributed by atoms with Gasteiger partial charge in [0, 0.05) is 42.3 Å². The average Bonchev–Trinajstić information content (AvgIpc) is 2.90. The number of nitrogens with one attached hydrogen (secondary N) is 3. The van der Waals surface area contributed by atoms with Crippen LogP contribution in [0.5, 0.6) is 0 Å². The van der Waals surface area contributed by atoms with Crippen LogP contribution in [0, 0.1) is 22.6 Å². The SMILES string of the molecule is CC1(C)CNCC[C@@H]1Nc1nc(-c2ccnc(Nc3ncc(C#N)cc3F)c2)nc2cncc(C3=CC=C3)c12. The lowest BCUT2D eigenvalue weighted by atomic mass is 9.80. The van der Waals surface area contributed by atoms with Crippen LogP contribution in [-0.2, 0) is 0 Å². The van der Waals surface area contributed by atoms with Crippen molar-refractivity contribution < 1.29 is 4.39 Å². The summed E-state index contributed by atoms with van der Waals surface area (Å²) in [5.41, 5.74) is 3.65. The fourth-order valence-corrected chi connectivity index (χ4v) is 4.86. The summed E-state index contributed by atoms with van der Waals surface area (Å²) in [6.45, 7) is 6.33.